The van der Waals surface area contributed by atoms with Crippen LogP contribution in [-0.4, -0.2) is 76.7 Å². The molecule has 1 amide bonds. The fourth-order valence-corrected chi connectivity index (χ4v) is 4.75. The minimum absolute atomic E-state index is 0.0745. The van der Waals surface area contributed by atoms with Gasteiger partial charge in [-0.3, -0.25) is 14.5 Å². The molecule has 2 N–H and O–H groups in total. The summed E-state index contributed by atoms with van der Waals surface area (Å²) < 4.78 is 15.2. The summed E-state index contributed by atoms with van der Waals surface area (Å²) in [5, 5.41) is 12.2. The molecule has 1 aromatic rings. The fraction of sp³-hybridized carbons (Fsp3) is 0.667. The minimum Gasteiger partial charge on any atom is -0.480 e. The molecule has 2 fully saturated rings. The lowest BCUT2D eigenvalue weighted by Gasteiger charge is -2.35. The number of carboxylic acid groups (broad SMARTS) is 1. The minimum atomic E-state index is -1.95. The van der Waals surface area contributed by atoms with Crippen LogP contribution in [0.5, 0.6) is 0 Å². The lowest BCUT2D eigenvalue weighted by atomic mass is 9.90. The number of hydrogen-bond donors (Lipinski definition) is 2. The highest BCUT2D eigenvalue weighted by Crippen LogP contribution is 2.31. The van der Waals surface area contributed by atoms with Gasteiger partial charge in [0.05, 0.1) is 6.54 Å². The summed E-state index contributed by atoms with van der Waals surface area (Å²) in [6.07, 6.45) is 4.85. The SMILES string of the molecule is O=C(O)CN1CCC(F)(C(=O)N2CCC(Cc3ccc4c(n3)NCCC4)CC2)C1. The van der Waals surface area contributed by atoms with Crippen molar-refractivity contribution in [1.82, 2.24) is 14.8 Å². The van der Waals surface area contributed by atoms with Gasteiger partial charge in [-0.15, -0.1) is 0 Å². The van der Waals surface area contributed by atoms with Crippen molar-refractivity contribution in [3.63, 3.8) is 0 Å². The van der Waals surface area contributed by atoms with Gasteiger partial charge in [0.1, 0.15) is 5.82 Å². The molecule has 158 valence electrons. The van der Waals surface area contributed by atoms with E-state index in [1.165, 1.54) is 10.5 Å². The molecule has 0 aromatic carbocycles. The Hall–Kier alpha value is -2.22. The average molecular weight is 404 g/mol. The first-order valence-electron chi connectivity index (χ1n) is 10.6. The number of alkyl halides is 1. The number of carboxylic acids is 1. The normalized spacial score (nSPS) is 25.5. The van der Waals surface area contributed by atoms with Gasteiger partial charge in [-0.25, -0.2) is 9.37 Å². The van der Waals surface area contributed by atoms with Crippen molar-refractivity contribution >= 4 is 17.7 Å². The molecule has 3 aliphatic rings. The Morgan fingerprint density at radius 3 is 2.83 bits per heavy atom. The van der Waals surface area contributed by atoms with Gasteiger partial charge in [0.25, 0.3) is 5.91 Å². The van der Waals surface area contributed by atoms with Gasteiger partial charge >= 0.3 is 5.97 Å². The van der Waals surface area contributed by atoms with E-state index in [1.54, 1.807) is 4.90 Å². The van der Waals surface area contributed by atoms with Crippen LogP contribution in [-0.2, 0) is 22.4 Å². The zero-order valence-electron chi connectivity index (χ0n) is 16.7. The van der Waals surface area contributed by atoms with E-state index in [2.05, 4.69) is 17.4 Å². The number of amides is 1. The predicted molar refractivity (Wildman–Crippen MR) is 107 cm³/mol. The number of piperidine rings is 1. The number of aliphatic carboxylic acids is 1. The van der Waals surface area contributed by atoms with E-state index in [0.29, 0.717) is 25.6 Å². The van der Waals surface area contributed by atoms with Gasteiger partial charge in [-0.05, 0) is 49.7 Å². The number of carbonyl (C=O) groups excluding carboxylic acids is 1. The van der Waals surface area contributed by atoms with Crippen LogP contribution < -0.4 is 5.32 Å². The van der Waals surface area contributed by atoms with Crippen LogP contribution in [0.15, 0.2) is 12.1 Å². The maximum atomic E-state index is 15.2. The van der Waals surface area contributed by atoms with E-state index in [-0.39, 0.29) is 19.5 Å². The second-order valence-corrected chi connectivity index (χ2v) is 8.60. The zero-order chi connectivity index (χ0) is 20.4. The van der Waals surface area contributed by atoms with Crippen LogP contribution in [0.1, 0.15) is 36.9 Å². The summed E-state index contributed by atoms with van der Waals surface area (Å²) in [4.78, 5) is 31.5. The summed E-state index contributed by atoms with van der Waals surface area (Å²) in [5.74, 6) is -0.0165. The van der Waals surface area contributed by atoms with Gasteiger partial charge in [0.15, 0.2) is 0 Å². The smallest absolute Gasteiger partial charge is 0.317 e. The highest BCUT2D eigenvalue weighted by molar-refractivity contribution is 5.86. The molecule has 1 unspecified atom stereocenters. The second-order valence-electron chi connectivity index (χ2n) is 8.60. The first-order chi connectivity index (χ1) is 13.9. The van der Waals surface area contributed by atoms with Gasteiger partial charge in [0, 0.05) is 44.8 Å². The van der Waals surface area contributed by atoms with Crippen molar-refractivity contribution in [2.45, 2.75) is 44.2 Å². The quantitative estimate of drug-likeness (QED) is 0.777. The monoisotopic (exact) mass is 404 g/mol. The molecular weight excluding hydrogens is 375 g/mol. The molecule has 4 rings (SSSR count). The molecular formula is C21H29FN4O3. The molecule has 1 atom stereocenters. The molecule has 0 saturated carbocycles. The Morgan fingerprint density at radius 2 is 2.07 bits per heavy atom. The Bertz CT molecular complexity index is 781. The lowest BCUT2D eigenvalue weighted by molar-refractivity contribution is -0.145. The number of aryl methyl sites for hydroxylation is 1. The number of fused-ring (bicyclic) bond motifs is 1. The van der Waals surface area contributed by atoms with E-state index in [0.717, 1.165) is 50.2 Å². The number of anilines is 1. The number of halogens is 1. The van der Waals surface area contributed by atoms with E-state index in [1.807, 2.05) is 0 Å². The third kappa shape index (κ3) is 4.52. The largest absolute Gasteiger partial charge is 0.480 e. The molecule has 2 saturated heterocycles. The summed E-state index contributed by atoms with van der Waals surface area (Å²) in [6.45, 7) is 2.05. The van der Waals surface area contributed by atoms with E-state index in [4.69, 9.17) is 10.1 Å². The van der Waals surface area contributed by atoms with Crippen molar-refractivity contribution in [1.29, 1.82) is 0 Å². The molecule has 1 aromatic heterocycles. The third-order valence-corrected chi connectivity index (χ3v) is 6.39. The highest BCUT2D eigenvalue weighted by atomic mass is 19.1. The Kier molecular flexibility index (Phi) is 5.72. The number of pyridine rings is 1. The molecule has 0 bridgehead atoms. The van der Waals surface area contributed by atoms with Crippen molar-refractivity contribution in [3.05, 3.63) is 23.4 Å². The summed E-state index contributed by atoms with van der Waals surface area (Å²) >= 11 is 0. The second kappa shape index (κ2) is 8.26. The number of likely N-dealkylation sites (tertiary alicyclic amines) is 2. The predicted octanol–water partition coefficient (Wildman–Crippen LogP) is 1.72. The number of rotatable bonds is 5. The van der Waals surface area contributed by atoms with Gasteiger partial charge < -0.3 is 15.3 Å². The molecule has 0 radical (unpaired) electrons. The maximum Gasteiger partial charge on any atom is 0.317 e. The van der Waals surface area contributed by atoms with Crippen LogP contribution in [0.4, 0.5) is 10.2 Å². The molecule has 4 heterocycles. The molecule has 8 heteroatoms. The van der Waals surface area contributed by atoms with E-state index >= 15 is 4.39 Å². The van der Waals surface area contributed by atoms with Crippen LogP contribution in [0.3, 0.4) is 0 Å². The molecule has 0 spiro atoms. The first-order valence-corrected chi connectivity index (χ1v) is 10.6. The summed E-state index contributed by atoms with van der Waals surface area (Å²) in [5.41, 5.74) is 0.403. The first kappa shape index (κ1) is 20.1. The van der Waals surface area contributed by atoms with Crippen molar-refractivity contribution < 1.29 is 19.1 Å². The molecule has 0 aliphatic carbocycles. The van der Waals surface area contributed by atoms with Gasteiger partial charge in [0.2, 0.25) is 5.67 Å². The number of nitrogens with zero attached hydrogens (tertiary/aromatic N) is 3. The lowest BCUT2D eigenvalue weighted by Crippen LogP contribution is -2.50. The summed E-state index contributed by atoms with van der Waals surface area (Å²) in [7, 11) is 0. The Labute approximate surface area is 170 Å². The Balaban J connectivity index is 1.29. The van der Waals surface area contributed by atoms with Crippen molar-refractivity contribution in [2.24, 2.45) is 5.92 Å². The summed E-state index contributed by atoms with van der Waals surface area (Å²) in [6, 6.07) is 4.27. The Morgan fingerprint density at radius 1 is 1.28 bits per heavy atom. The van der Waals surface area contributed by atoms with Crippen molar-refractivity contribution in [2.75, 3.05) is 44.6 Å². The number of aromatic nitrogens is 1. The van der Waals surface area contributed by atoms with Crippen LogP contribution in [0.2, 0.25) is 0 Å². The molecule has 7 nitrogen and oxygen atoms in total. The van der Waals surface area contributed by atoms with Crippen LogP contribution in [0.25, 0.3) is 0 Å². The van der Waals surface area contributed by atoms with Crippen molar-refractivity contribution in [3.8, 4) is 0 Å². The number of nitrogens with one attached hydrogen (secondary N) is 1. The van der Waals surface area contributed by atoms with Gasteiger partial charge in [-0.1, -0.05) is 6.07 Å². The van der Waals surface area contributed by atoms with Gasteiger partial charge in [-0.2, -0.15) is 0 Å². The molecule has 3 aliphatic heterocycles. The number of carbonyl (C=O) groups is 2. The van der Waals surface area contributed by atoms with E-state index in [9.17, 15) is 9.59 Å². The highest BCUT2D eigenvalue weighted by Gasteiger charge is 2.47. The topological polar surface area (TPSA) is 85.8 Å². The average Bonchev–Trinajstić information content (AvgIpc) is 3.09. The fourth-order valence-electron chi connectivity index (χ4n) is 4.75. The molecule has 29 heavy (non-hydrogen) atoms. The van der Waals surface area contributed by atoms with Crippen LogP contribution >= 0.6 is 0 Å². The third-order valence-electron chi connectivity index (χ3n) is 6.39. The number of hydrogen-bond acceptors (Lipinski definition) is 5. The zero-order valence-corrected chi connectivity index (χ0v) is 16.7. The van der Waals surface area contributed by atoms with E-state index < -0.39 is 17.5 Å². The standard InChI is InChI=1S/C21H29FN4O3/c22-21(7-11-25(14-21)13-18(27)28)20(29)26-9-5-15(6-10-26)12-17-4-3-16-2-1-8-23-19(16)24-17/h3-4,15H,1-2,5-14H2,(H,23,24)(H,27,28). The maximum absolute atomic E-state index is 15.2. The van der Waals surface area contributed by atoms with Crippen LogP contribution in [0, 0.1) is 5.92 Å².